The van der Waals surface area contributed by atoms with E-state index in [0.717, 1.165) is 37.1 Å². The third-order valence-corrected chi connectivity index (χ3v) is 11.5. The summed E-state index contributed by atoms with van der Waals surface area (Å²) in [5.41, 5.74) is 2.65. The summed E-state index contributed by atoms with van der Waals surface area (Å²) in [7, 11) is 1.42. The number of hydrogen-bond acceptors (Lipinski definition) is 8. The molecule has 0 spiro atoms. The van der Waals surface area contributed by atoms with Gasteiger partial charge in [0.25, 0.3) is 5.91 Å². The molecule has 0 radical (unpaired) electrons. The van der Waals surface area contributed by atoms with Crippen molar-refractivity contribution in [2.24, 2.45) is 0 Å². The third-order valence-electron chi connectivity index (χ3n) is 10.3. The van der Waals surface area contributed by atoms with Crippen molar-refractivity contribution >= 4 is 61.5 Å². The lowest BCUT2D eigenvalue weighted by Gasteiger charge is -2.40. The van der Waals surface area contributed by atoms with Crippen LogP contribution < -0.4 is 5.32 Å². The number of phenolic OH excluding ortho intramolecular Hbond substituents is 1. The highest BCUT2D eigenvalue weighted by atomic mass is 79.9. The number of carbonyl (C=O) groups excluding carboxylic acids is 4. The number of anilines is 1. The molecule has 4 heterocycles. The highest BCUT2D eigenvalue weighted by molar-refractivity contribution is 9.11. The van der Waals surface area contributed by atoms with E-state index in [2.05, 4.69) is 42.1 Å². The summed E-state index contributed by atoms with van der Waals surface area (Å²) in [6, 6.07) is 11.0. The summed E-state index contributed by atoms with van der Waals surface area (Å²) in [6.45, 7) is 3.20. The highest BCUT2D eigenvalue weighted by Crippen LogP contribution is 2.34. The third kappa shape index (κ3) is 8.01. The number of rotatable bonds is 7. The normalized spacial score (nSPS) is 21.5. The van der Waals surface area contributed by atoms with Crippen LogP contribution in [-0.4, -0.2) is 119 Å². The molecule has 12 nitrogen and oxygen atoms in total. The Morgan fingerprint density at radius 3 is 2.27 bits per heavy atom. The number of phenols is 1. The fraction of sp³-hybridized carbons (Fsp3) is 0.543. The van der Waals surface area contributed by atoms with Gasteiger partial charge >= 0.3 is 18.1 Å². The number of piperidine rings is 2. The number of urea groups is 1. The van der Waals surface area contributed by atoms with Gasteiger partial charge in [0.15, 0.2) is 6.10 Å². The van der Waals surface area contributed by atoms with Crippen LogP contribution in [0.15, 0.2) is 45.3 Å². The van der Waals surface area contributed by atoms with Gasteiger partial charge in [0, 0.05) is 56.9 Å². The molecule has 4 aliphatic heterocycles. The number of benzene rings is 2. The van der Waals surface area contributed by atoms with Gasteiger partial charge in [-0.3, -0.25) is 14.5 Å². The number of amides is 4. The van der Waals surface area contributed by atoms with Gasteiger partial charge in [-0.2, -0.15) is 0 Å². The van der Waals surface area contributed by atoms with E-state index in [4.69, 9.17) is 9.47 Å². The van der Waals surface area contributed by atoms with Crippen molar-refractivity contribution in [1.29, 1.82) is 0 Å². The van der Waals surface area contributed by atoms with E-state index in [1.165, 1.54) is 7.11 Å². The molecule has 2 aromatic rings. The maximum atomic E-state index is 14.0. The Morgan fingerprint density at radius 2 is 1.57 bits per heavy atom. The van der Waals surface area contributed by atoms with Crippen molar-refractivity contribution in [3.05, 3.63) is 56.5 Å². The number of methoxy groups -OCH3 is 1. The predicted molar refractivity (Wildman–Crippen MR) is 189 cm³/mol. The summed E-state index contributed by atoms with van der Waals surface area (Å²) in [5.74, 6) is -0.435. The monoisotopic (exact) mass is 803 g/mol. The number of fused-ring (bicyclic) bond motifs is 1. The van der Waals surface area contributed by atoms with Crippen LogP contribution in [0.2, 0.25) is 0 Å². The molecule has 3 fully saturated rings. The molecule has 0 saturated carbocycles. The number of nitrogens with one attached hydrogen (secondary N) is 1. The summed E-state index contributed by atoms with van der Waals surface area (Å²) in [5, 5.41) is 13.3. The smallest absolute Gasteiger partial charge is 0.410 e. The van der Waals surface area contributed by atoms with E-state index in [9.17, 15) is 24.3 Å². The van der Waals surface area contributed by atoms with Gasteiger partial charge in [-0.05, 0) is 113 Å². The van der Waals surface area contributed by atoms with Crippen LogP contribution in [0.25, 0.3) is 0 Å². The minimum absolute atomic E-state index is 0.0156. The number of carbonyl (C=O) groups is 4. The van der Waals surface area contributed by atoms with Crippen molar-refractivity contribution in [2.45, 2.75) is 75.6 Å². The second kappa shape index (κ2) is 15.7. The van der Waals surface area contributed by atoms with Crippen LogP contribution in [-0.2, 0) is 31.9 Å². The zero-order chi connectivity index (χ0) is 34.7. The van der Waals surface area contributed by atoms with E-state index in [1.807, 2.05) is 29.2 Å². The van der Waals surface area contributed by atoms with Crippen LogP contribution >= 0.6 is 31.9 Å². The molecule has 14 heteroatoms. The standard InChI is InChI=1S/C35H43Br2N5O7/c1-48-33(45)29-7-4-13-41(29)24-9-14-39(15-10-24)32(44)30(21-22-19-26(36)31(43)27(37)20-22)49-35(47)40-16-11-25(12-17-40)42-18-8-23-5-2-3-6-28(23)38-34(42)46/h2-3,5-6,19-20,24-25,29-30,43H,4,7-18,21H2,1H3,(H,38,46)/t29-,30+/m0/s1. The molecule has 2 N–H and O–H groups in total. The molecule has 0 aromatic heterocycles. The molecular weight excluding hydrogens is 762 g/mol. The highest BCUT2D eigenvalue weighted by Gasteiger charge is 2.40. The summed E-state index contributed by atoms with van der Waals surface area (Å²) < 4.78 is 12.0. The van der Waals surface area contributed by atoms with Crippen LogP contribution in [0.1, 0.15) is 49.7 Å². The van der Waals surface area contributed by atoms with Gasteiger partial charge in [-0.15, -0.1) is 0 Å². The number of hydrogen-bond donors (Lipinski definition) is 2. The Balaban J connectivity index is 1.09. The second-order valence-electron chi connectivity index (χ2n) is 13.2. The first-order valence-corrected chi connectivity index (χ1v) is 18.6. The number of nitrogens with zero attached hydrogens (tertiary/aromatic N) is 4. The lowest BCUT2D eigenvalue weighted by Crippen LogP contribution is -2.53. The Bertz CT molecular complexity index is 1540. The summed E-state index contributed by atoms with van der Waals surface area (Å²) >= 11 is 6.73. The lowest BCUT2D eigenvalue weighted by atomic mass is 10.00. The Labute approximate surface area is 303 Å². The minimum atomic E-state index is -1.07. The SMILES string of the molecule is COC(=O)[C@@H]1CCCN1C1CCN(C(=O)[C@@H](Cc2cc(Br)c(O)c(Br)c2)OC(=O)N2CCC(N3CCc4ccccc4NC3=O)CC2)CC1. The maximum absolute atomic E-state index is 14.0. The fourth-order valence-electron chi connectivity index (χ4n) is 7.66. The first-order chi connectivity index (χ1) is 23.6. The Morgan fingerprint density at radius 1 is 0.918 bits per heavy atom. The van der Waals surface area contributed by atoms with Crippen LogP contribution in [0.4, 0.5) is 15.3 Å². The quantitative estimate of drug-likeness (QED) is 0.368. The van der Waals surface area contributed by atoms with E-state index >= 15 is 0 Å². The number of aromatic hydroxyl groups is 1. The largest absolute Gasteiger partial charge is 0.506 e. The van der Waals surface area contributed by atoms with Gasteiger partial charge in [-0.1, -0.05) is 18.2 Å². The molecule has 49 heavy (non-hydrogen) atoms. The van der Waals surface area contributed by atoms with Crippen LogP contribution in [0.3, 0.4) is 0 Å². The first kappa shape index (κ1) is 35.5. The van der Waals surface area contributed by atoms with Crippen LogP contribution in [0, 0.1) is 0 Å². The molecule has 0 bridgehead atoms. The van der Waals surface area contributed by atoms with Gasteiger partial charge < -0.3 is 34.6 Å². The number of likely N-dealkylation sites (tertiary alicyclic amines) is 3. The average molecular weight is 806 g/mol. The van der Waals surface area contributed by atoms with Gasteiger partial charge in [0.2, 0.25) is 0 Å². The number of para-hydroxylation sites is 1. The van der Waals surface area contributed by atoms with E-state index in [-0.39, 0.29) is 48.2 Å². The molecular formula is C35H43Br2N5O7. The fourth-order valence-corrected chi connectivity index (χ4v) is 8.94. The number of halogens is 2. The van der Waals surface area contributed by atoms with Crippen molar-refractivity contribution in [1.82, 2.24) is 19.6 Å². The molecule has 4 aliphatic rings. The molecule has 4 amide bonds. The van der Waals surface area contributed by atoms with Crippen molar-refractivity contribution in [3.63, 3.8) is 0 Å². The minimum Gasteiger partial charge on any atom is -0.506 e. The summed E-state index contributed by atoms with van der Waals surface area (Å²) in [4.78, 5) is 60.5. The molecule has 0 aliphatic carbocycles. The van der Waals surface area contributed by atoms with Gasteiger partial charge in [-0.25, -0.2) is 9.59 Å². The lowest BCUT2D eigenvalue weighted by molar-refractivity contribution is -0.148. The van der Waals surface area contributed by atoms with E-state index in [1.54, 1.807) is 21.9 Å². The van der Waals surface area contributed by atoms with E-state index in [0.29, 0.717) is 72.9 Å². The Kier molecular flexibility index (Phi) is 11.3. The second-order valence-corrected chi connectivity index (χ2v) is 14.9. The maximum Gasteiger partial charge on any atom is 0.410 e. The van der Waals surface area contributed by atoms with Crippen LogP contribution in [0.5, 0.6) is 5.75 Å². The molecule has 0 unspecified atom stereocenters. The first-order valence-electron chi connectivity index (χ1n) is 17.0. The van der Waals surface area contributed by atoms with Crippen molar-refractivity contribution in [2.75, 3.05) is 51.7 Å². The van der Waals surface area contributed by atoms with E-state index < -0.39 is 12.2 Å². The number of ether oxygens (including phenoxy) is 2. The van der Waals surface area contributed by atoms with Crippen molar-refractivity contribution in [3.8, 4) is 5.75 Å². The zero-order valence-corrected chi connectivity index (χ0v) is 30.8. The molecule has 264 valence electrons. The topological polar surface area (TPSA) is 132 Å². The van der Waals surface area contributed by atoms with Crippen molar-refractivity contribution < 1.29 is 33.8 Å². The van der Waals surface area contributed by atoms with Gasteiger partial charge in [0.05, 0.1) is 16.1 Å². The molecule has 6 rings (SSSR count). The summed E-state index contributed by atoms with van der Waals surface area (Å²) in [6.07, 6.45) is 3.58. The molecule has 3 saturated heterocycles. The van der Waals surface area contributed by atoms with Gasteiger partial charge in [0.1, 0.15) is 11.8 Å². The predicted octanol–water partition coefficient (Wildman–Crippen LogP) is 5.15. The molecule has 2 atom stereocenters. The average Bonchev–Trinajstić information content (AvgIpc) is 3.54. The number of esters is 1. The zero-order valence-electron chi connectivity index (χ0n) is 27.6. The Hall–Kier alpha value is -3.36. The molecule has 2 aromatic carbocycles.